The second kappa shape index (κ2) is 9.75. The molecule has 0 atom stereocenters. The number of rotatable bonds is 6. The van der Waals surface area contributed by atoms with Gasteiger partial charge in [0.05, 0.1) is 35.9 Å². The molecule has 1 aromatic heterocycles. The Balaban J connectivity index is 1.53. The van der Waals surface area contributed by atoms with Crippen LogP contribution in [0.1, 0.15) is 27.6 Å². The molecule has 34 heavy (non-hydrogen) atoms. The number of amides is 1. The minimum absolute atomic E-state index is 0.113. The summed E-state index contributed by atoms with van der Waals surface area (Å²) in [5.41, 5.74) is 7.79. The van der Waals surface area contributed by atoms with E-state index in [4.69, 9.17) is 15.2 Å². The quantitative estimate of drug-likeness (QED) is 0.508. The molecule has 178 valence electrons. The number of sulfonamides is 1. The van der Waals surface area contributed by atoms with Gasteiger partial charge in [0, 0.05) is 35.9 Å². The lowest BCUT2D eigenvalue weighted by Crippen LogP contribution is -2.40. The summed E-state index contributed by atoms with van der Waals surface area (Å²) in [6, 6.07) is 10.7. The Hall–Kier alpha value is -3.54. The molecular formula is C23H24N4O6S. The molecule has 0 spiro atoms. The Morgan fingerprint density at radius 2 is 1.85 bits per heavy atom. The van der Waals surface area contributed by atoms with Gasteiger partial charge in [-0.05, 0) is 49.4 Å². The predicted octanol–water partition coefficient (Wildman–Crippen LogP) is 2.27. The van der Waals surface area contributed by atoms with Crippen molar-refractivity contribution >= 4 is 44.2 Å². The van der Waals surface area contributed by atoms with Gasteiger partial charge in [0.25, 0.3) is 5.91 Å². The molecule has 2 heterocycles. The number of ether oxygens (including phenoxy) is 2. The number of hydrogen-bond donors (Lipinski definition) is 2. The van der Waals surface area contributed by atoms with Gasteiger partial charge < -0.3 is 20.5 Å². The molecule has 1 fully saturated rings. The predicted molar refractivity (Wildman–Crippen MR) is 126 cm³/mol. The van der Waals surface area contributed by atoms with Gasteiger partial charge in [0.1, 0.15) is 5.56 Å². The van der Waals surface area contributed by atoms with Crippen LogP contribution >= 0.6 is 0 Å². The lowest BCUT2D eigenvalue weighted by Gasteiger charge is -2.26. The molecule has 0 aliphatic carbocycles. The first-order valence-corrected chi connectivity index (χ1v) is 12.1. The minimum atomic E-state index is -3.64. The normalized spacial score (nSPS) is 14.6. The average Bonchev–Trinajstić information content (AvgIpc) is 2.85. The molecule has 1 saturated heterocycles. The van der Waals surface area contributed by atoms with E-state index in [0.29, 0.717) is 42.9 Å². The fourth-order valence-corrected chi connectivity index (χ4v) is 4.99. The zero-order chi connectivity index (χ0) is 24.3. The third-order valence-corrected chi connectivity index (χ3v) is 7.30. The number of nitrogen functional groups attached to an aromatic ring is 1. The number of morpholine rings is 1. The van der Waals surface area contributed by atoms with Crippen LogP contribution in [0.3, 0.4) is 0 Å². The van der Waals surface area contributed by atoms with E-state index in [1.165, 1.54) is 34.8 Å². The van der Waals surface area contributed by atoms with Crippen molar-refractivity contribution < 1.29 is 27.5 Å². The Morgan fingerprint density at radius 3 is 2.53 bits per heavy atom. The summed E-state index contributed by atoms with van der Waals surface area (Å²) in [6.45, 7) is 3.20. The fourth-order valence-electron chi connectivity index (χ4n) is 3.58. The zero-order valence-corrected chi connectivity index (χ0v) is 19.3. The van der Waals surface area contributed by atoms with Crippen LogP contribution in [0.15, 0.2) is 53.6 Å². The summed E-state index contributed by atoms with van der Waals surface area (Å²) in [4.78, 5) is 29.2. The topological polar surface area (TPSA) is 141 Å². The maximum absolute atomic E-state index is 12.8. The van der Waals surface area contributed by atoms with Crippen molar-refractivity contribution in [3.8, 4) is 0 Å². The number of nitrogens with one attached hydrogen (secondary N) is 1. The number of anilines is 2. The largest absolute Gasteiger partial charge is 0.462 e. The first-order valence-electron chi connectivity index (χ1n) is 10.7. The van der Waals surface area contributed by atoms with E-state index in [1.807, 2.05) is 0 Å². The van der Waals surface area contributed by atoms with Gasteiger partial charge >= 0.3 is 5.97 Å². The van der Waals surface area contributed by atoms with E-state index in [1.54, 1.807) is 25.1 Å². The molecule has 4 rings (SSSR count). The van der Waals surface area contributed by atoms with Crippen LogP contribution in [0.25, 0.3) is 10.9 Å². The summed E-state index contributed by atoms with van der Waals surface area (Å²) >= 11 is 0. The van der Waals surface area contributed by atoms with Crippen LogP contribution in [-0.2, 0) is 19.5 Å². The van der Waals surface area contributed by atoms with Crippen LogP contribution < -0.4 is 11.1 Å². The highest BCUT2D eigenvalue weighted by Gasteiger charge is 2.26. The smallest absolute Gasteiger partial charge is 0.341 e. The first-order chi connectivity index (χ1) is 16.3. The Labute approximate surface area is 196 Å². The summed E-state index contributed by atoms with van der Waals surface area (Å²) in [5, 5.41) is 3.25. The van der Waals surface area contributed by atoms with Crippen molar-refractivity contribution in [3.63, 3.8) is 0 Å². The standard InChI is InChI=1S/C23H24N4O6S/c1-2-33-23(29)19-14-25-20-8-5-16(13-18(20)21(19)24)26-22(28)15-3-6-17(7-4-15)34(30,31)27-9-11-32-12-10-27/h3-8,13-14H,2,9-12H2,1H3,(H2,24,25)(H,26,28). The van der Waals surface area contributed by atoms with Crippen molar-refractivity contribution in [1.82, 2.24) is 9.29 Å². The van der Waals surface area contributed by atoms with Gasteiger partial charge in [0.15, 0.2) is 0 Å². The van der Waals surface area contributed by atoms with Crippen molar-refractivity contribution in [2.45, 2.75) is 11.8 Å². The molecule has 10 nitrogen and oxygen atoms in total. The van der Waals surface area contributed by atoms with Crippen molar-refractivity contribution in [2.24, 2.45) is 0 Å². The maximum Gasteiger partial charge on any atom is 0.341 e. The molecule has 3 N–H and O–H groups in total. The van der Waals surface area contributed by atoms with Gasteiger partial charge in [-0.2, -0.15) is 4.31 Å². The summed E-state index contributed by atoms with van der Waals surface area (Å²) in [5.74, 6) is -1.00. The van der Waals surface area contributed by atoms with Gasteiger partial charge in [-0.25, -0.2) is 13.2 Å². The first kappa shape index (κ1) is 23.6. The highest BCUT2D eigenvalue weighted by atomic mass is 32.2. The van der Waals surface area contributed by atoms with Crippen LogP contribution in [0.5, 0.6) is 0 Å². The Bertz CT molecular complexity index is 1340. The Kier molecular flexibility index (Phi) is 6.77. The number of nitrogens with zero attached hydrogens (tertiary/aromatic N) is 2. The van der Waals surface area contributed by atoms with E-state index in [0.717, 1.165) is 0 Å². The van der Waals surface area contributed by atoms with Crippen LogP contribution in [-0.4, -0.2) is 62.5 Å². The van der Waals surface area contributed by atoms with Gasteiger partial charge in [0.2, 0.25) is 10.0 Å². The number of pyridine rings is 1. The number of aromatic nitrogens is 1. The van der Waals surface area contributed by atoms with Gasteiger partial charge in [-0.1, -0.05) is 0 Å². The van der Waals surface area contributed by atoms with E-state index < -0.39 is 21.9 Å². The maximum atomic E-state index is 12.8. The number of esters is 1. The average molecular weight is 485 g/mol. The van der Waals surface area contributed by atoms with Crippen LogP contribution in [0, 0.1) is 0 Å². The van der Waals surface area contributed by atoms with E-state index in [2.05, 4.69) is 10.3 Å². The molecule has 1 amide bonds. The van der Waals surface area contributed by atoms with Crippen molar-refractivity contribution in [1.29, 1.82) is 0 Å². The fraction of sp³-hybridized carbons (Fsp3) is 0.261. The van der Waals surface area contributed by atoms with E-state index in [-0.39, 0.29) is 28.3 Å². The third kappa shape index (κ3) is 4.72. The van der Waals surface area contributed by atoms with Crippen molar-refractivity contribution in [3.05, 3.63) is 59.8 Å². The monoisotopic (exact) mass is 484 g/mol. The molecule has 1 aliphatic heterocycles. The molecule has 2 aromatic carbocycles. The number of benzene rings is 2. The number of carbonyl (C=O) groups is 2. The van der Waals surface area contributed by atoms with Gasteiger partial charge in [-0.15, -0.1) is 0 Å². The zero-order valence-electron chi connectivity index (χ0n) is 18.5. The minimum Gasteiger partial charge on any atom is -0.462 e. The van der Waals surface area contributed by atoms with Gasteiger partial charge in [-0.3, -0.25) is 9.78 Å². The van der Waals surface area contributed by atoms with E-state index >= 15 is 0 Å². The second-order valence-electron chi connectivity index (χ2n) is 7.53. The lowest BCUT2D eigenvalue weighted by molar-refractivity contribution is 0.0527. The highest BCUT2D eigenvalue weighted by Crippen LogP contribution is 2.27. The highest BCUT2D eigenvalue weighted by molar-refractivity contribution is 7.89. The summed E-state index contributed by atoms with van der Waals surface area (Å²) in [7, 11) is -3.64. The summed E-state index contributed by atoms with van der Waals surface area (Å²) in [6.07, 6.45) is 1.36. The molecule has 1 aliphatic rings. The van der Waals surface area contributed by atoms with Crippen molar-refractivity contribution in [2.75, 3.05) is 44.0 Å². The second-order valence-corrected chi connectivity index (χ2v) is 9.47. The Morgan fingerprint density at radius 1 is 1.15 bits per heavy atom. The molecule has 11 heteroatoms. The third-order valence-electron chi connectivity index (χ3n) is 5.39. The number of nitrogens with two attached hydrogens (primary N) is 1. The summed E-state index contributed by atoms with van der Waals surface area (Å²) < 4.78 is 37.1. The van der Waals surface area contributed by atoms with Crippen LogP contribution in [0.4, 0.5) is 11.4 Å². The molecule has 0 radical (unpaired) electrons. The molecular weight excluding hydrogens is 460 g/mol. The number of hydrogen-bond acceptors (Lipinski definition) is 8. The molecule has 0 saturated carbocycles. The molecule has 0 unspecified atom stereocenters. The number of carbonyl (C=O) groups excluding carboxylic acids is 2. The van der Waals surface area contributed by atoms with E-state index in [9.17, 15) is 18.0 Å². The lowest BCUT2D eigenvalue weighted by atomic mass is 10.1. The molecule has 0 bridgehead atoms. The SMILES string of the molecule is CCOC(=O)c1cnc2ccc(NC(=O)c3ccc(S(=O)(=O)N4CCOCC4)cc3)cc2c1N. The number of fused-ring (bicyclic) bond motifs is 1. The van der Waals surface area contributed by atoms with Crippen LogP contribution in [0.2, 0.25) is 0 Å². The molecule has 3 aromatic rings.